The number of hydrogen-bond donors (Lipinski definition) is 2. The zero-order chi connectivity index (χ0) is 38.2. The minimum Gasteiger partial charge on any atom is -0.392 e. The highest BCUT2D eigenvalue weighted by molar-refractivity contribution is 5.94. The summed E-state index contributed by atoms with van der Waals surface area (Å²) in [6, 6.07) is 14.6. The summed E-state index contributed by atoms with van der Waals surface area (Å²) >= 11 is 0. The molecule has 292 valence electrons. The first-order valence-corrected chi connectivity index (χ1v) is 19.3. The summed E-state index contributed by atoms with van der Waals surface area (Å²) < 4.78 is 82.2. The summed E-state index contributed by atoms with van der Waals surface area (Å²) in [6.07, 6.45) is 14.3. The average Bonchev–Trinajstić information content (AvgIpc) is 3.18. The monoisotopic (exact) mass is 746 g/mol. The second-order valence-electron chi connectivity index (χ2n) is 14.1. The molecule has 1 heterocycles. The van der Waals surface area contributed by atoms with Crippen molar-refractivity contribution in [1.29, 1.82) is 0 Å². The maximum absolute atomic E-state index is 14.2. The summed E-state index contributed by atoms with van der Waals surface area (Å²) in [6.45, 7) is 6.95. The van der Waals surface area contributed by atoms with Crippen molar-refractivity contribution >= 4 is 5.91 Å². The maximum atomic E-state index is 14.2. The fraction of sp³-hybridized carbons (Fsp3) is 0.548. The lowest BCUT2D eigenvalue weighted by atomic mass is 9.99. The van der Waals surface area contributed by atoms with Crippen LogP contribution in [0, 0.1) is 29.1 Å². The molecule has 0 spiro atoms. The molecule has 4 rings (SSSR count). The molecule has 1 aliphatic rings. The van der Waals surface area contributed by atoms with E-state index in [-0.39, 0.29) is 25.4 Å². The average molecular weight is 747 g/mol. The van der Waals surface area contributed by atoms with Gasteiger partial charge in [0.1, 0.15) is 5.56 Å². The van der Waals surface area contributed by atoms with Crippen LogP contribution < -0.4 is 5.32 Å². The number of aliphatic hydroxyl groups excluding tert-OH is 1. The summed E-state index contributed by atoms with van der Waals surface area (Å²) in [7, 11) is 0. The van der Waals surface area contributed by atoms with E-state index in [0.29, 0.717) is 12.0 Å². The van der Waals surface area contributed by atoms with Gasteiger partial charge in [0.05, 0.1) is 18.8 Å². The van der Waals surface area contributed by atoms with E-state index in [0.717, 1.165) is 49.2 Å². The number of aliphatic hydroxyl groups is 1. The van der Waals surface area contributed by atoms with E-state index in [2.05, 4.69) is 24.1 Å². The number of nitrogens with zero attached hydrogens (tertiary/aromatic N) is 1. The van der Waals surface area contributed by atoms with Gasteiger partial charge in [0.15, 0.2) is 29.6 Å². The molecule has 1 saturated heterocycles. The van der Waals surface area contributed by atoms with E-state index < -0.39 is 46.8 Å². The molecule has 3 atom stereocenters. The van der Waals surface area contributed by atoms with Gasteiger partial charge in [-0.1, -0.05) is 127 Å². The Morgan fingerprint density at radius 3 is 1.72 bits per heavy atom. The normalized spacial score (nSPS) is 17.4. The van der Waals surface area contributed by atoms with E-state index in [1.807, 2.05) is 24.3 Å². The Kier molecular flexibility index (Phi) is 17.7. The lowest BCUT2D eigenvalue weighted by Gasteiger charge is -2.38. The van der Waals surface area contributed by atoms with E-state index in [4.69, 9.17) is 9.47 Å². The van der Waals surface area contributed by atoms with Crippen molar-refractivity contribution in [2.75, 3.05) is 19.6 Å². The molecule has 3 unspecified atom stereocenters. The largest absolute Gasteiger partial charge is 0.392 e. The number of rotatable bonds is 22. The first kappa shape index (κ1) is 42.4. The van der Waals surface area contributed by atoms with Crippen molar-refractivity contribution in [1.82, 2.24) is 10.2 Å². The lowest BCUT2D eigenvalue weighted by molar-refractivity contribution is -0.253. The quantitative estimate of drug-likeness (QED) is 0.0464. The van der Waals surface area contributed by atoms with Crippen molar-refractivity contribution in [3.63, 3.8) is 0 Å². The highest BCUT2D eigenvalue weighted by Crippen LogP contribution is 2.38. The molecule has 1 fully saturated rings. The highest BCUT2D eigenvalue weighted by atomic mass is 19.2. The van der Waals surface area contributed by atoms with Gasteiger partial charge in [-0.3, -0.25) is 4.79 Å². The highest BCUT2D eigenvalue weighted by Gasteiger charge is 2.33. The van der Waals surface area contributed by atoms with Crippen molar-refractivity contribution in [2.45, 2.75) is 129 Å². The minimum absolute atomic E-state index is 0.0552. The van der Waals surface area contributed by atoms with Crippen molar-refractivity contribution in [3.8, 4) is 0 Å². The Morgan fingerprint density at radius 2 is 1.17 bits per heavy atom. The SMILES string of the molecule is CCCCCCCCN(CCCCCCCC)CC1CC(c2ccc(CO)cc2)OC(c2ccc(CNC(=O)c3c(F)c(F)c(F)c(F)c3F)cc2)O1. The first-order chi connectivity index (χ1) is 25.7. The molecule has 0 aliphatic carbocycles. The summed E-state index contributed by atoms with van der Waals surface area (Å²) in [4.78, 5) is 15.0. The van der Waals surface area contributed by atoms with Crippen LogP contribution in [-0.2, 0) is 22.6 Å². The van der Waals surface area contributed by atoms with Crippen LogP contribution in [0.4, 0.5) is 22.0 Å². The van der Waals surface area contributed by atoms with Gasteiger partial charge in [0.2, 0.25) is 5.82 Å². The minimum atomic E-state index is -2.32. The third-order valence-electron chi connectivity index (χ3n) is 9.87. The van der Waals surface area contributed by atoms with E-state index >= 15 is 0 Å². The predicted octanol–water partition coefficient (Wildman–Crippen LogP) is 10.4. The van der Waals surface area contributed by atoms with Crippen molar-refractivity contribution < 1.29 is 41.3 Å². The molecular formula is C42H55F5N2O4. The van der Waals surface area contributed by atoms with Gasteiger partial charge in [-0.2, -0.15) is 0 Å². The second-order valence-corrected chi connectivity index (χ2v) is 14.1. The third-order valence-corrected chi connectivity index (χ3v) is 9.87. The molecule has 11 heteroatoms. The number of hydrogen-bond acceptors (Lipinski definition) is 5. The van der Waals surface area contributed by atoms with E-state index in [1.165, 1.54) is 64.2 Å². The number of ether oxygens (including phenoxy) is 2. The standard InChI is InChI=1S/C42H55F5N2O4/c1-3-5-7-9-11-13-23-49(24-14-12-10-8-6-4-2)27-33-25-34(31-19-17-30(28-50)18-20-31)53-42(52-33)32-21-15-29(16-22-32)26-48-41(51)35-36(43)38(45)40(47)39(46)37(35)44/h15-22,33-34,42,50H,3-14,23-28H2,1-2H3,(H,48,51). The van der Waals surface area contributed by atoms with Crippen LogP contribution in [-0.4, -0.2) is 41.7 Å². The summed E-state index contributed by atoms with van der Waals surface area (Å²) in [5, 5.41) is 11.8. The van der Waals surface area contributed by atoms with Crippen LogP contribution in [0.15, 0.2) is 48.5 Å². The third kappa shape index (κ3) is 12.6. The van der Waals surface area contributed by atoms with Crippen LogP contribution in [0.3, 0.4) is 0 Å². The predicted molar refractivity (Wildman–Crippen MR) is 195 cm³/mol. The van der Waals surface area contributed by atoms with Gasteiger partial charge in [0.25, 0.3) is 5.91 Å². The van der Waals surface area contributed by atoms with Gasteiger partial charge in [-0.25, -0.2) is 22.0 Å². The van der Waals surface area contributed by atoms with Crippen LogP contribution >= 0.6 is 0 Å². The zero-order valence-corrected chi connectivity index (χ0v) is 31.1. The Hall–Kier alpha value is -3.38. The number of unbranched alkanes of at least 4 members (excludes halogenated alkanes) is 10. The van der Waals surface area contributed by atoms with Crippen LogP contribution in [0.25, 0.3) is 0 Å². The Morgan fingerprint density at radius 1 is 0.679 bits per heavy atom. The number of nitrogens with one attached hydrogen (secondary N) is 1. The molecule has 3 aromatic rings. The smallest absolute Gasteiger partial charge is 0.257 e. The fourth-order valence-corrected chi connectivity index (χ4v) is 6.71. The first-order valence-electron chi connectivity index (χ1n) is 19.3. The lowest BCUT2D eigenvalue weighted by Crippen LogP contribution is -2.40. The summed E-state index contributed by atoms with van der Waals surface area (Å²) in [5.74, 6) is -12.5. The molecule has 3 aromatic carbocycles. The number of halogens is 5. The second kappa shape index (κ2) is 22.1. The van der Waals surface area contributed by atoms with E-state index in [1.54, 1.807) is 24.3 Å². The number of carbonyl (C=O) groups is 1. The van der Waals surface area contributed by atoms with Crippen LogP contribution in [0.1, 0.15) is 142 Å². The summed E-state index contributed by atoms with van der Waals surface area (Å²) in [5.41, 5.74) is 1.50. The molecule has 53 heavy (non-hydrogen) atoms. The zero-order valence-electron chi connectivity index (χ0n) is 31.1. The van der Waals surface area contributed by atoms with Gasteiger partial charge in [-0.15, -0.1) is 0 Å². The van der Waals surface area contributed by atoms with Gasteiger partial charge < -0.3 is 24.8 Å². The number of carbonyl (C=O) groups excluding carboxylic acids is 1. The maximum Gasteiger partial charge on any atom is 0.257 e. The molecule has 1 amide bonds. The van der Waals surface area contributed by atoms with E-state index in [9.17, 15) is 31.9 Å². The number of benzene rings is 3. The molecule has 1 aliphatic heterocycles. The molecule has 0 saturated carbocycles. The molecule has 6 nitrogen and oxygen atoms in total. The van der Waals surface area contributed by atoms with Crippen molar-refractivity contribution in [2.24, 2.45) is 0 Å². The van der Waals surface area contributed by atoms with Gasteiger partial charge in [-0.05, 0) is 42.6 Å². The molecule has 0 radical (unpaired) electrons. The number of amides is 1. The van der Waals surface area contributed by atoms with Gasteiger partial charge >= 0.3 is 0 Å². The Balaban J connectivity index is 1.46. The molecular weight excluding hydrogens is 691 g/mol. The Labute approximate surface area is 311 Å². The van der Waals surface area contributed by atoms with Crippen LogP contribution in [0.5, 0.6) is 0 Å². The topological polar surface area (TPSA) is 71.0 Å². The molecule has 2 N–H and O–H groups in total. The molecule has 0 aromatic heterocycles. The van der Waals surface area contributed by atoms with Gasteiger partial charge in [0, 0.05) is 25.1 Å². The van der Waals surface area contributed by atoms with Crippen molar-refractivity contribution in [3.05, 3.63) is 105 Å². The Bertz CT molecular complexity index is 1510. The van der Waals surface area contributed by atoms with Crippen LogP contribution in [0.2, 0.25) is 0 Å². The molecule has 0 bridgehead atoms. The fourth-order valence-electron chi connectivity index (χ4n) is 6.71.